The van der Waals surface area contributed by atoms with Gasteiger partial charge in [-0.1, -0.05) is 12.0 Å². The zero-order valence-electron chi connectivity index (χ0n) is 18.3. The van der Waals surface area contributed by atoms with Gasteiger partial charge in [-0.3, -0.25) is 5.10 Å². The topological polar surface area (TPSA) is 107 Å². The van der Waals surface area contributed by atoms with Crippen LogP contribution in [0, 0.1) is 12.3 Å². The molecular formula is C23H25N9O. The molecule has 2 aliphatic rings. The number of likely N-dealkylation sites (N-methyl/N-ethyl adjacent to an activating group) is 1. The second-order valence-corrected chi connectivity index (χ2v) is 7.99. The Kier molecular flexibility index (Phi) is 5.78. The van der Waals surface area contributed by atoms with Crippen molar-refractivity contribution in [3.05, 3.63) is 53.9 Å². The van der Waals surface area contributed by atoms with Crippen LogP contribution in [0.25, 0.3) is 0 Å². The Morgan fingerprint density at radius 2 is 1.91 bits per heavy atom. The number of H-pyrrole nitrogens is 1. The summed E-state index contributed by atoms with van der Waals surface area (Å²) in [5.41, 5.74) is 2.47. The number of aromatic amines is 1. The summed E-state index contributed by atoms with van der Waals surface area (Å²) in [6, 6.07) is 9.47. The predicted octanol–water partition coefficient (Wildman–Crippen LogP) is 2.79. The maximum Gasteiger partial charge on any atom is 0.235 e. The Balaban J connectivity index is 1.41. The minimum atomic E-state index is -0.0482. The van der Waals surface area contributed by atoms with E-state index in [1.165, 1.54) is 0 Å². The van der Waals surface area contributed by atoms with E-state index < -0.39 is 0 Å². The molecule has 0 saturated carbocycles. The molecule has 3 N–H and O–H groups in total. The maximum absolute atomic E-state index is 5.56. The van der Waals surface area contributed by atoms with Crippen LogP contribution in [0.1, 0.15) is 23.8 Å². The van der Waals surface area contributed by atoms with Crippen molar-refractivity contribution in [2.45, 2.75) is 12.5 Å². The number of aromatic nitrogens is 5. The molecule has 4 heterocycles. The number of nitrogens with zero attached hydrogens (tertiary/aromatic N) is 6. The minimum absolute atomic E-state index is 0.0482. The van der Waals surface area contributed by atoms with Crippen molar-refractivity contribution in [1.82, 2.24) is 30.0 Å². The van der Waals surface area contributed by atoms with E-state index in [1.807, 2.05) is 36.4 Å². The highest BCUT2D eigenvalue weighted by Gasteiger charge is 2.20. The fraction of sp³-hybridized carbons (Fsp3) is 0.304. The molecule has 0 spiro atoms. The van der Waals surface area contributed by atoms with Crippen LogP contribution in [0.15, 0.2) is 42.7 Å². The number of rotatable bonds is 6. The van der Waals surface area contributed by atoms with Gasteiger partial charge in [0, 0.05) is 49.9 Å². The van der Waals surface area contributed by atoms with E-state index in [1.54, 1.807) is 6.26 Å². The highest BCUT2D eigenvalue weighted by Crippen LogP contribution is 2.27. The van der Waals surface area contributed by atoms with Crippen LogP contribution in [-0.4, -0.2) is 63.3 Å². The standard InChI is InChI=1S/C23H25N9O/c1-3-16-6-4-7-17(14-16)24-21-26-22(28-23(27-21)32-11-9-31(2)10-12-32)25-20-15-18(29-30-20)19-8-5-13-33-19/h1,4-7,13-15,19H,8-12H2,2H3,(H3,24,25,26,27,28,29,30). The fourth-order valence-corrected chi connectivity index (χ4v) is 3.71. The van der Waals surface area contributed by atoms with Gasteiger partial charge in [-0.2, -0.15) is 20.1 Å². The van der Waals surface area contributed by atoms with Gasteiger partial charge in [0.25, 0.3) is 0 Å². The number of anilines is 5. The molecule has 10 heteroatoms. The van der Waals surface area contributed by atoms with Gasteiger partial charge < -0.3 is 25.2 Å². The second kappa shape index (κ2) is 9.18. The number of nitrogens with one attached hydrogen (secondary N) is 3. The lowest BCUT2D eigenvalue weighted by Gasteiger charge is -2.32. The lowest BCUT2D eigenvalue weighted by molar-refractivity contribution is 0.169. The zero-order chi connectivity index (χ0) is 22.6. The second-order valence-electron chi connectivity index (χ2n) is 7.99. The Labute approximate surface area is 192 Å². The molecule has 2 aliphatic heterocycles. The van der Waals surface area contributed by atoms with Gasteiger partial charge in [-0.25, -0.2) is 0 Å². The molecule has 2 aromatic heterocycles. The van der Waals surface area contributed by atoms with E-state index in [4.69, 9.17) is 11.2 Å². The van der Waals surface area contributed by atoms with Crippen molar-refractivity contribution in [2.75, 3.05) is 48.8 Å². The van der Waals surface area contributed by atoms with Crippen LogP contribution in [0.3, 0.4) is 0 Å². The van der Waals surface area contributed by atoms with E-state index >= 15 is 0 Å². The monoisotopic (exact) mass is 443 g/mol. The third kappa shape index (κ3) is 4.88. The molecule has 0 aliphatic carbocycles. The number of ether oxygens (including phenoxy) is 1. The Morgan fingerprint density at radius 1 is 1.09 bits per heavy atom. The van der Waals surface area contributed by atoms with Crippen LogP contribution in [-0.2, 0) is 4.74 Å². The Hall–Kier alpha value is -4.10. The molecule has 168 valence electrons. The van der Waals surface area contributed by atoms with Crippen molar-refractivity contribution in [3.8, 4) is 12.3 Å². The number of benzene rings is 1. The molecule has 1 fully saturated rings. The third-order valence-corrected chi connectivity index (χ3v) is 5.57. The SMILES string of the molecule is C#Cc1cccc(Nc2nc(Nc3cc(C4CC=CO4)[nH]n3)nc(N3CCN(C)CC3)n2)c1. The first kappa shape index (κ1) is 20.8. The van der Waals surface area contributed by atoms with Gasteiger partial charge >= 0.3 is 0 Å². The molecule has 10 nitrogen and oxygen atoms in total. The lowest BCUT2D eigenvalue weighted by Crippen LogP contribution is -2.45. The predicted molar refractivity (Wildman–Crippen MR) is 127 cm³/mol. The summed E-state index contributed by atoms with van der Waals surface area (Å²) in [6.45, 7) is 3.56. The van der Waals surface area contributed by atoms with Crippen molar-refractivity contribution >= 4 is 29.4 Å². The van der Waals surface area contributed by atoms with E-state index in [2.05, 4.69) is 58.6 Å². The Morgan fingerprint density at radius 3 is 2.67 bits per heavy atom. The van der Waals surface area contributed by atoms with Crippen LogP contribution >= 0.6 is 0 Å². The van der Waals surface area contributed by atoms with Crippen molar-refractivity contribution in [2.24, 2.45) is 0 Å². The van der Waals surface area contributed by atoms with Gasteiger partial charge in [0.1, 0.15) is 6.10 Å². The first-order valence-electron chi connectivity index (χ1n) is 10.8. The summed E-state index contributed by atoms with van der Waals surface area (Å²) < 4.78 is 5.56. The summed E-state index contributed by atoms with van der Waals surface area (Å²) in [6.07, 6.45) is 10.00. The maximum atomic E-state index is 5.56. The molecule has 1 unspecified atom stereocenters. The molecule has 5 rings (SSSR count). The molecule has 1 aromatic carbocycles. The minimum Gasteiger partial charge on any atom is -0.492 e. The molecule has 1 atom stereocenters. The number of piperazine rings is 1. The fourth-order valence-electron chi connectivity index (χ4n) is 3.71. The average Bonchev–Trinajstić information content (AvgIpc) is 3.52. The van der Waals surface area contributed by atoms with Gasteiger partial charge in [-0.05, 0) is 31.3 Å². The first-order chi connectivity index (χ1) is 16.2. The van der Waals surface area contributed by atoms with Crippen LogP contribution < -0.4 is 15.5 Å². The largest absolute Gasteiger partial charge is 0.492 e. The molecule has 1 saturated heterocycles. The summed E-state index contributed by atoms with van der Waals surface area (Å²) in [5, 5.41) is 13.8. The smallest absolute Gasteiger partial charge is 0.235 e. The number of terminal acetylenes is 1. The molecule has 0 amide bonds. The number of hydrogen-bond acceptors (Lipinski definition) is 9. The van der Waals surface area contributed by atoms with Crippen molar-refractivity contribution in [1.29, 1.82) is 0 Å². The highest BCUT2D eigenvalue weighted by atomic mass is 16.5. The van der Waals surface area contributed by atoms with Crippen molar-refractivity contribution < 1.29 is 4.74 Å². The van der Waals surface area contributed by atoms with E-state index in [-0.39, 0.29) is 6.10 Å². The summed E-state index contributed by atoms with van der Waals surface area (Å²) in [7, 11) is 2.11. The van der Waals surface area contributed by atoms with Crippen LogP contribution in [0.2, 0.25) is 0 Å². The average molecular weight is 444 g/mol. The summed E-state index contributed by atoms with van der Waals surface area (Å²) in [5.74, 6) is 4.69. The first-order valence-corrected chi connectivity index (χ1v) is 10.8. The van der Waals surface area contributed by atoms with Crippen LogP contribution in [0.5, 0.6) is 0 Å². The molecule has 33 heavy (non-hydrogen) atoms. The van der Waals surface area contributed by atoms with Gasteiger partial charge in [0.15, 0.2) is 5.82 Å². The molecule has 3 aromatic rings. The molecule has 0 bridgehead atoms. The number of hydrogen-bond donors (Lipinski definition) is 3. The Bertz CT molecular complexity index is 1180. The van der Waals surface area contributed by atoms with E-state index in [0.29, 0.717) is 23.7 Å². The van der Waals surface area contributed by atoms with Crippen molar-refractivity contribution in [3.63, 3.8) is 0 Å². The highest BCUT2D eigenvalue weighted by molar-refractivity contribution is 5.60. The quantitative estimate of drug-likeness (QED) is 0.496. The normalized spacial score (nSPS) is 18.1. The zero-order valence-corrected chi connectivity index (χ0v) is 18.3. The third-order valence-electron chi connectivity index (χ3n) is 5.57. The van der Waals surface area contributed by atoms with Gasteiger partial charge in [0.2, 0.25) is 17.8 Å². The lowest BCUT2D eigenvalue weighted by atomic mass is 10.2. The van der Waals surface area contributed by atoms with Gasteiger partial charge in [-0.15, -0.1) is 6.42 Å². The molecule has 0 radical (unpaired) electrons. The summed E-state index contributed by atoms with van der Waals surface area (Å²) >= 11 is 0. The van der Waals surface area contributed by atoms with E-state index in [0.717, 1.165) is 49.5 Å². The summed E-state index contributed by atoms with van der Waals surface area (Å²) in [4.78, 5) is 18.3. The van der Waals surface area contributed by atoms with E-state index in [9.17, 15) is 0 Å². The van der Waals surface area contributed by atoms with Gasteiger partial charge in [0.05, 0.1) is 12.0 Å². The molecular weight excluding hydrogens is 418 g/mol. The van der Waals surface area contributed by atoms with Crippen LogP contribution in [0.4, 0.5) is 29.4 Å².